The molecule has 1 aromatic carbocycles. The highest BCUT2D eigenvalue weighted by atomic mass is 16.5. The third kappa shape index (κ3) is 1.13. The van der Waals surface area contributed by atoms with Gasteiger partial charge in [0.1, 0.15) is 0 Å². The highest BCUT2D eigenvalue weighted by Gasteiger charge is 2.28. The minimum absolute atomic E-state index is 0.575. The van der Waals surface area contributed by atoms with Crippen molar-refractivity contribution in [1.29, 1.82) is 0 Å². The summed E-state index contributed by atoms with van der Waals surface area (Å²) < 4.78 is 5.26. The van der Waals surface area contributed by atoms with E-state index in [-0.39, 0.29) is 0 Å². The molecule has 1 aliphatic carbocycles. The number of hydrogen-bond donors (Lipinski definition) is 1. The van der Waals surface area contributed by atoms with E-state index in [1.807, 2.05) is 12.1 Å². The first kappa shape index (κ1) is 8.00. The summed E-state index contributed by atoms with van der Waals surface area (Å²) in [7, 11) is 0. The van der Waals surface area contributed by atoms with Crippen molar-refractivity contribution in [2.24, 2.45) is 5.73 Å². The van der Waals surface area contributed by atoms with Gasteiger partial charge in [-0.15, -0.1) is 0 Å². The molecule has 0 amide bonds. The van der Waals surface area contributed by atoms with Crippen molar-refractivity contribution in [3.63, 3.8) is 0 Å². The number of hydrogen-bond acceptors (Lipinski definition) is 3. The number of rotatable bonds is 2. The van der Waals surface area contributed by atoms with Gasteiger partial charge in [-0.05, 0) is 30.5 Å². The fourth-order valence-electron chi connectivity index (χ4n) is 1.78. The monoisotopic (exact) mass is 188 g/mol. The molecule has 0 aliphatic heterocycles. The molecular weight excluding hydrogens is 176 g/mol. The second-order valence-corrected chi connectivity index (χ2v) is 3.88. The molecule has 2 N–H and O–H groups in total. The molecule has 1 aromatic heterocycles. The normalized spacial score (nSPS) is 16.4. The van der Waals surface area contributed by atoms with Gasteiger partial charge < -0.3 is 10.3 Å². The summed E-state index contributed by atoms with van der Waals surface area (Å²) in [6.07, 6.45) is 2.49. The first-order valence-corrected chi connectivity index (χ1v) is 4.97. The summed E-state index contributed by atoms with van der Waals surface area (Å²) in [5, 5.41) is 5.27. The van der Waals surface area contributed by atoms with Crippen molar-refractivity contribution >= 4 is 11.0 Å². The Morgan fingerprint density at radius 3 is 3.00 bits per heavy atom. The molecule has 3 heteroatoms. The minimum atomic E-state index is 0.575. The summed E-state index contributed by atoms with van der Waals surface area (Å²) >= 11 is 0. The predicted molar refractivity (Wildman–Crippen MR) is 53.9 cm³/mol. The van der Waals surface area contributed by atoms with E-state index in [1.54, 1.807) is 0 Å². The number of fused-ring (bicyclic) bond motifs is 1. The highest BCUT2D eigenvalue weighted by molar-refractivity contribution is 5.81. The first-order chi connectivity index (χ1) is 6.88. The van der Waals surface area contributed by atoms with Crippen LogP contribution in [0.15, 0.2) is 22.7 Å². The van der Waals surface area contributed by atoms with E-state index in [2.05, 4.69) is 11.2 Å². The Balaban J connectivity index is 2.20. The maximum Gasteiger partial charge on any atom is 0.167 e. The molecule has 2 aromatic rings. The molecule has 3 nitrogen and oxygen atoms in total. The molecule has 3 rings (SSSR count). The van der Waals surface area contributed by atoms with Crippen molar-refractivity contribution in [3.05, 3.63) is 29.5 Å². The van der Waals surface area contributed by atoms with Crippen LogP contribution in [0.4, 0.5) is 0 Å². The molecule has 1 aliphatic rings. The van der Waals surface area contributed by atoms with Crippen LogP contribution in [0.2, 0.25) is 0 Å². The van der Waals surface area contributed by atoms with Crippen LogP contribution in [-0.4, -0.2) is 5.16 Å². The second kappa shape index (κ2) is 2.82. The number of benzene rings is 1. The molecule has 14 heavy (non-hydrogen) atoms. The van der Waals surface area contributed by atoms with Gasteiger partial charge in [0.05, 0.1) is 5.69 Å². The van der Waals surface area contributed by atoms with Crippen LogP contribution in [0.5, 0.6) is 0 Å². The molecule has 1 fully saturated rings. The summed E-state index contributed by atoms with van der Waals surface area (Å²) in [5.74, 6) is 0.629. The topological polar surface area (TPSA) is 52.0 Å². The van der Waals surface area contributed by atoms with Gasteiger partial charge in [-0.25, -0.2) is 0 Å². The quantitative estimate of drug-likeness (QED) is 0.785. The lowest BCUT2D eigenvalue weighted by Crippen LogP contribution is -1.95. The van der Waals surface area contributed by atoms with E-state index in [4.69, 9.17) is 10.3 Å². The maximum absolute atomic E-state index is 5.60. The zero-order chi connectivity index (χ0) is 9.54. The van der Waals surface area contributed by atoms with Crippen molar-refractivity contribution in [2.45, 2.75) is 25.3 Å². The third-order valence-electron chi connectivity index (χ3n) is 2.76. The lowest BCUT2D eigenvalue weighted by molar-refractivity contribution is 0.446. The number of aromatic nitrogens is 1. The van der Waals surface area contributed by atoms with Crippen molar-refractivity contribution in [2.75, 3.05) is 0 Å². The van der Waals surface area contributed by atoms with Crippen LogP contribution in [0, 0.1) is 0 Å². The lowest BCUT2D eigenvalue weighted by Gasteiger charge is -1.95. The first-order valence-electron chi connectivity index (χ1n) is 4.97. The Hall–Kier alpha value is -1.35. The van der Waals surface area contributed by atoms with Gasteiger partial charge in [-0.1, -0.05) is 11.2 Å². The van der Waals surface area contributed by atoms with E-state index in [0.717, 1.165) is 22.2 Å². The standard InChI is InChI=1S/C11H12N2O/c12-6-7-1-4-10-9(5-7)11(13-14-10)8-2-3-8/h1,4-5,8H,2-3,6,12H2. The molecule has 0 spiro atoms. The Morgan fingerprint density at radius 1 is 1.43 bits per heavy atom. The Bertz CT molecular complexity index is 471. The van der Waals surface area contributed by atoms with Crippen LogP contribution in [0.1, 0.15) is 30.0 Å². The van der Waals surface area contributed by atoms with Gasteiger partial charge in [0.25, 0.3) is 0 Å². The minimum Gasteiger partial charge on any atom is -0.356 e. The van der Waals surface area contributed by atoms with E-state index in [1.165, 1.54) is 12.8 Å². The molecule has 0 unspecified atom stereocenters. The Labute approximate surface area is 81.9 Å². The van der Waals surface area contributed by atoms with Gasteiger partial charge in [0.15, 0.2) is 5.58 Å². The van der Waals surface area contributed by atoms with Crippen LogP contribution in [0.25, 0.3) is 11.0 Å². The number of nitrogens with two attached hydrogens (primary N) is 1. The molecule has 1 saturated carbocycles. The SMILES string of the molecule is NCc1ccc2onc(C3CC3)c2c1. The lowest BCUT2D eigenvalue weighted by atomic mass is 10.1. The second-order valence-electron chi connectivity index (χ2n) is 3.88. The van der Waals surface area contributed by atoms with E-state index in [9.17, 15) is 0 Å². The number of nitrogens with zero attached hydrogens (tertiary/aromatic N) is 1. The largest absolute Gasteiger partial charge is 0.356 e. The fraction of sp³-hybridized carbons (Fsp3) is 0.364. The molecule has 0 bridgehead atoms. The highest BCUT2D eigenvalue weighted by Crippen LogP contribution is 2.42. The average molecular weight is 188 g/mol. The molecule has 72 valence electrons. The van der Waals surface area contributed by atoms with Crippen molar-refractivity contribution in [3.8, 4) is 0 Å². The van der Waals surface area contributed by atoms with E-state index < -0.39 is 0 Å². The third-order valence-corrected chi connectivity index (χ3v) is 2.76. The van der Waals surface area contributed by atoms with Crippen LogP contribution in [-0.2, 0) is 6.54 Å². The van der Waals surface area contributed by atoms with Crippen LogP contribution in [0.3, 0.4) is 0 Å². The average Bonchev–Trinajstić information content (AvgIpc) is 2.98. The zero-order valence-electron chi connectivity index (χ0n) is 7.86. The van der Waals surface area contributed by atoms with Crippen molar-refractivity contribution < 1.29 is 4.52 Å². The van der Waals surface area contributed by atoms with Gasteiger partial charge >= 0.3 is 0 Å². The van der Waals surface area contributed by atoms with Crippen LogP contribution < -0.4 is 5.73 Å². The Kier molecular flexibility index (Phi) is 1.61. The molecule has 0 saturated heterocycles. The van der Waals surface area contributed by atoms with Gasteiger partial charge in [-0.2, -0.15) is 0 Å². The van der Waals surface area contributed by atoms with Gasteiger partial charge in [0, 0.05) is 17.8 Å². The molecule has 0 atom stereocenters. The zero-order valence-corrected chi connectivity index (χ0v) is 7.86. The Morgan fingerprint density at radius 2 is 2.29 bits per heavy atom. The molecule has 0 radical (unpaired) electrons. The van der Waals surface area contributed by atoms with Crippen molar-refractivity contribution in [1.82, 2.24) is 5.16 Å². The van der Waals surface area contributed by atoms with E-state index in [0.29, 0.717) is 12.5 Å². The smallest absolute Gasteiger partial charge is 0.167 e. The van der Waals surface area contributed by atoms with Gasteiger partial charge in [-0.3, -0.25) is 0 Å². The van der Waals surface area contributed by atoms with E-state index >= 15 is 0 Å². The summed E-state index contributed by atoms with van der Waals surface area (Å²) in [6, 6.07) is 6.04. The summed E-state index contributed by atoms with van der Waals surface area (Å²) in [4.78, 5) is 0. The maximum atomic E-state index is 5.60. The fourth-order valence-corrected chi connectivity index (χ4v) is 1.78. The predicted octanol–water partition coefficient (Wildman–Crippen LogP) is 2.16. The molecule has 1 heterocycles. The van der Waals surface area contributed by atoms with Gasteiger partial charge in [0.2, 0.25) is 0 Å². The molecular formula is C11H12N2O. The summed E-state index contributed by atoms with van der Waals surface area (Å²) in [6.45, 7) is 0.575. The van der Waals surface area contributed by atoms with Crippen LogP contribution >= 0.6 is 0 Å². The summed E-state index contributed by atoms with van der Waals surface area (Å²) in [5.41, 5.74) is 8.74.